The van der Waals surface area contributed by atoms with Gasteiger partial charge in [0.2, 0.25) is 0 Å². The number of carbonyl (C=O) groups excluding carboxylic acids is 2. The van der Waals surface area contributed by atoms with Crippen molar-refractivity contribution >= 4 is 11.9 Å². The number of phenolic OH excluding ortho intramolecular Hbond substituents is 1. The summed E-state index contributed by atoms with van der Waals surface area (Å²) in [7, 11) is 1.30. The number of aryl methyl sites for hydroxylation is 2. The molecular weight excluding hydrogens is 368 g/mol. The van der Waals surface area contributed by atoms with Crippen molar-refractivity contribution in [3.05, 3.63) is 52.8 Å². The highest BCUT2D eigenvalue weighted by atomic mass is 16.5. The van der Waals surface area contributed by atoms with Gasteiger partial charge in [0.15, 0.2) is 0 Å². The number of rotatable bonds is 8. The maximum Gasteiger partial charge on any atom is 0.328 e. The van der Waals surface area contributed by atoms with Gasteiger partial charge in [-0.3, -0.25) is 4.79 Å². The molecule has 0 saturated carbocycles. The van der Waals surface area contributed by atoms with Crippen molar-refractivity contribution in [3.8, 4) is 5.75 Å². The predicted octanol–water partition coefficient (Wildman–Crippen LogP) is 3.92. The first kappa shape index (κ1) is 22.5. The van der Waals surface area contributed by atoms with Gasteiger partial charge in [-0.25, -0.2) is 4.79 Å². The lowest BCUT2D eigenvalue weighted by Gasteiger charge is -2.32. The Morgan fingerprint density at radius 1 is 1.17 bits per heavy atom. The number of aromatic hydroxyl groups is 1. The van der Waals surface area contributed by atoms with Crippen molar-refractivity contribution in [1.82, 2.24) is 9.88 Å². The van der Waals surface area contributed by atoms with Gasteiger partial charge in [-0.05, 0) is 62.4 Å². The van der Waals surface area contributed by atoms with Gasteiger partial charge in [-0.1, -0.05) is 26.0 Å². The second-order valence-corrected chi connectivity index (χ2v) is 7.41. The van der Waals surface area contributed by atoms with E-state index in [-0.39, 0.29) is 17.1 Å². The highest BCUT2D eigenvalue weighted by Crippen LogP contribution is 2.41. The van der Waals surface area contributed by atoms with Crippen molar-refractivity contribution < 1.29 is 19.4 Å². The van der Waals surface area contributed by atoms with Gasteiger partial charge in [0.25, 0.3) is 5.91 Å². The third kappa shape index (κ3) is 4.31. The van der Waals surface area contributed by atoms with Gasteiger partial charge in [0.1, 0.15) is 17.5 Å². The Morgan fingerprint density at radius 3 is 2.34 bits per heavy atom. The number of methoxy groups -OCH3 is 1. The van der Waals surface area contributed by atoms with Crippen LogP contribution in [0, 0.1) is 6.92 Å². The predicted molar refractivity (Wildman–Crippen MR) is 113 cm³/mol. The lowest BCUT2D eigenvalue weighted by Crippen LogP contribution is -2.39. The average Bonchev–Trinajstić information content (AvgIpc) is 3.16. The molecule has 29 heavy (non-hydrogen) atoms. The second-order valence-electron chi connectivity index (χ2n) is 7.41. The Balaban J connectivity index is 2.50. The van der Waals surface area contributed by atoms with E-state index in [9.17, 15) is 14.7 Å². The van der Waals surface area contributed by atoms with Crippen LogP contribution in [0.25, 0.3) is 0 Å². The van der Waals surface area contributed by atoms with Gasteiger partial charge in [0.05, 0.1) is 7.11 Å². The topological polar surface area (TPSA) is 80.6 Å². The molecule has 0 bridgehead atoms. The van der Waals surface area contributed by atoms with Crippen LogP contribution >= 0.6 is 0 Å². The number of carbonyl (C=O) groups is 2. The summed E-state index contributed by atoms with van der Waals surface area (Å²) >= 11 is 0. The SMILES string of the molecule is CCn1cc(C(CC)(CC)c2ccc(O)c(C)c2)cc1C(=O)N[C@H](C)C(=O)OC. The molecule has 0 spiro atoms. The summed E-state index contributed by atoms with van der Waals surface area (Å²) < 4.78 is 6.60. The van der Waals surface area contributed by atoms with Gasteiger partial charge < -0.3 is 19.7 Å². The normalized spacial score (nSPS) is 12.5. The number of benzene rings is 1. The Hall–Kier alpha value is -2.76. The number of nitrogens with zero attached hydrogens (tertiary/aromatic N) is 1. The van der Waals surface area contributed by atoms with E-state index in [4.69, 9.17) is 4.74 Å². The number of aromatic nitrogens is 1. The van der Waals surface area contributed by atoms with E-state index in [1.807, 2.05) is 42.8 Å². The summed E-state index contributed by atoms with van der Waals surface area (Å²) in [4.78, 5) is 24.5. The summed E-state index contributed by atoms with van der Waals surface area (Å²) in [5, 5.41) is 12.7. The third-order valence-corrected chi connectivity index (χ3v) is 5.88. The van der Waals surface area contributed by atoms with Crippen LogP contribution in [0.1, 0.15) is 67.7 Å². The summed E-state index contributed by atoms with van der Waals surface area (Å²) in [6, 6.07) is 6.89. The molecule has 2 aromatic rings. The molecule has 1 heterocycles. The molecule has 6 nitrogen and oxygen atoms in total. The van der Waals surface area contributed by atoms with Crippen molar-refractivity contribution in [2.75, 3.05) is 7.11 Å². The molecule has 0 aliphatic heterocycles. The zero-order chi connectivity index (χ0) is 21.8. The van der Waals surface area contributed by atoms with E-state index in [0.717, 1.165) is 29.5 Å². The molecule has 0 radical (unpaired) electrons. The number of amides is 1. The van der Waals surface area contributed by atoms with Crippen molar-refractivity contribution in [2.24, 2.45) is 0 Å². The maximum atomic E-state index is 12.8. The van der Waals surface area contributed by atoms with Crippen LogP contribution in [-0.2, 0) is 21.5 Å². The minimum absolute atomic E-state index is 0.276. The molecule has 1 aromatic heterocycles. The molecule has 158 valence electrons. The molecule has 2 rings (SSSR count). The zero-order valence-electron chi connectivity index (χ0n) is 18.2. The molecule has 0 unspecified atom stereocenters. The second kappa shape index (κ2) is 9.16. The van der Waals surface area contributed by atoms with Crippen LogP contribution in [0.2, 0.25) is 0 Å². The van der Waals surface area contributed by atoms with E-state index in [2.05, 4.69) is 19.2 Å². The van der Waals surface area contributed by atoms with Crippen LogP contribution in [0.15, 0.2) is 30.5 Å². The Kier molecular flexibility index (Phi) is 7.11. The molecular formula is C23H32N2O4. The molecule has 0 fully saturated rings. The van der Waals surface area contributed by atoms with Crippen LogP contribution in [0.3, 0.4) is 0 Å². The fourth-order valence-corrected chi connectivity index (χ4v) is 3.92. The third-order valence-electron chi connectivity index (χ3n) is 5.88. The summed E-state index contributed by atoms with van der Waals surface area (Å²) in [5.74, 6) is -0.513. The molecule has 6 heteroatoms. The van der Waals surface area contributed by atoms with E-state index in [1.54, 1.807) is 13.0 Å². The van der Waals surface area contributed by atoms with E-state index < -0.39 is 12.0 Å². The number of hydrogen-bond acceptors (Lipinski definition) is 4. The van der Waals surface area contributed by atoms with Crippen LogP contribution in [-0.4, -0.2) is 34.7 Å². The Bertz CT molecular complexity index is 881. The molecule has 2 N–H and O–H groups in total. The first-order chi connectivity index (χ1) is 13.7. The standard InChI is InChI=1S/C23H32N2O4/c1-7-23(8-2,17-10-11-20(26)15(4)12-17)18-13-19(25(9-3)14-18)21(27)24-16(5)22(28)29-6/h10-14,16,26H,7-9H2,1-6H3,(H,24,27)/t16-/m1/s1. The molecule has 1 atom stereocenters. The summed E-state index contributed by atoms with van der Waals surface area (Å²) in [5.41, 5.74) is 3.22. The van der Waals surface area contributed by atoms with Crippen LogP contribution in [0.4, 0.5) is 0 Å². The van der Waals surface area contributed by atoms with Gasteiger partial charge in [0, 0.05) is 18.2 Å². The number of hydrogen-bond donors (Lipinski definition) is 2. The quantitative estimate of drug-likeness (QED) is 0.658. The van der Waals surface area contributed by atoms with Gasteiger partial charge in [-0.2, -0.15) is 0 Å². The highest BCUT2D eigenvalue weighted by molar-refractivity contribution is 5.95. The van der Waals surface area contributed by atoms with E-state index >= 15 is 0 Å². The molecule has 1 amide bonds. The first-order valence-electron chi connectivity index (χ1n) is 10.1. The average molecular weight is 401 g/mol. The molecule has 0 aliphatic rings. The summed E-state index contributed by atoms with van der Waals surface area (Å²) in [6.07, 6.45) is 3.72. The fraction of sp³-hybridized carbons (Fsp3) is 0.478. The molecule has 0 aliphatic carbocycles. The lowest BCUT2D eigenvalue weighted by molar-refractivity contribution is -0.142. The maximum absolute atomic E-state index is 12.8. The highest BCUT2D eigenvalue weighted by Gasteiger charge is 2.33. The minimum atomic E-state index is -0.724. The van der Waals surface area contributed by atoms with E-state index in [1.165, 1.54) is 7.11 Å². The van der Waals surface area contributed by atoms with Crippen molar-refractivity contribution in [2.45, 2.75) is 65.5 Å². The first-order valence-corrected chi connectivity index (χ1v) is 10.1. The fourth-order valence-electron chi connectivity index (χ4n) is 3.92. The smallest absolute Gasteiger partial charge is 0.328 e. The number of phenols is 1. The number of ether oxygens (including phenoxy) is 1. The van der Waals surface area contributed by atoms with Crippen molar-refractivity contribution in [1.29, 1.82) is 0 Å². The lowest BCUT2D eigenvalue weighted by atomic mass is 9.71. The Morgan fingerprint density at radius 2 is 1.83 bits per heavy atom. The largest absolute Gasteiger partial charge is 0.508 e. The van der Waals surface area contributed by atoms with Crippen LogP contribution < -0.4 is 5.32 Å². The Labute approximate surface area is 172 Å². The molecule has 0 saturated heterocycles. The van der Waals surface area contributed by atoms with E-state index in [0.29, 0.717) is 12.2 Å². The summed E-state index contributed by atoms with van der Waals surface area (Å²) in [6.45, 7) is 10.4. The van der Waals surface area contributed by atoms with Crippen LogP contribution in [0.5, 0.6) is 5.75 Å². The zero-order valence-corrected chi connectivity index (χ0v) is 18.2. The number of nitrogens with one attached hydrogen (secondary N) is 1. The van der Waals surface area contributed by atoms with Crippen molar-refractivity contribution in [3.63, 3.8) is 0 Å². The van der Waals surface area contributed by atoms with Gasteiger partial charge in [-0.15, -0.1) is 0 Å². The molecule has 1 aromatic carbocycles. The monoisotopic (exact) mass is 400 g/mol. The minimum Gasteiger partial charge on any atom is -0.508 e. The number of esters is 1. The van der Waals surface area contributed by atoms with Gasteiger partial charge >= 0.3 is 5.97 Å².